The van der Waals surface area contributed by atoms with E-state index in [1.165, 1.54) is 0 Å². The van der Waals surface area contributed by atoms with E-state index < -0.39 is 0 Å². The summed E-state index contributed by atoms with van der Waals surface area (Å²) in [5.41, 5.74) is 0.892. The summed E-state index contributed by atoms with van der Waals surface area (Å²) in [6.07, 6.45) is 2.27. The molecule has 1 amide bonds. The molecule has 0 radical (unpaired) electrons. The Balaban J connectivity index is 1.86. The number of rotatable bonds is 4. The molecule has 2 rings (SSSR count). The van der Waals surface area contributed by atoms with Crippen molar-refractivity contribution in [2.75, 3.05) is 18.8 Å². The minimum atomic E-state index is 0.0501. The molecule has 1 N–H and O–H groups in total. The minimum absolute atomic E-state index is 0.0501. The van der Waals surface area contributed by atoms with Gasteiger partial charge in [-0.15, -0.1) is 11.8 Å². The highest BCUT2D eigenvalue weighted by Gasteiger charge is 2.17. The molecule has 1 aliphatic heterocycles. The van der Waals surface area contributed by atoms with Crippen LogP contribution in [0.3, 0.4) is 0 Å². The van der Waals surface area contributed by atoms with Crippen molar-refractivity contribution in [1.82, 2.24) is 4.90 Å². The molecule has 1 aromatic rings. The van der Waals surface area contributed by atoms with E-state index in [-0.39, 0.29) is 12.5 Å². The lowest BCUT2D eigenvalue weighted by atomic mass is 10.2. The molecule has 0 atom stereocenters. The maximum absolute atomic E-state index is 11.8. The van der Waals surface area contributed by atoms with Crippen LogP contribution < -0.4 is 0 Å². The number of hydrogen-bond acceptors (Lipinski definition) is 3. The van der Waals surface area contributed by atoms with Gasteiger partial charge < -0.3 is 10.0 Å². The maximum Gasteiger partial charge on any atom is 0.232 e. The number of carbonyl (C=O) groups excluding carboxylic acids is 1. The van der Waals surface area contributed by atoms with E-state index in [4.69, 9.17) is 5.11 Å². The Morgan fingerprint density at radius 1 is 1.35 bits per heavy atom. The van der Waals surface area contributed by atoms with E-state index in [0.717, 1.165) is 36.4 Å². The van der Waals surface area contributed by atoms with Crippen LogP contribution in [0.2, 0.25) is 0 Å². The summed E-state index contributed by atoms with van der Waals surface area (Å²) in [5, 5.41) is 9.03. The van der Waals surface area contributed by atoms with Gasteiger partial charge in [0.05, 0.1) is 12.4 Å². The molecule has 1 fully saturated rings. The topological polar surface area (TPSA) is 40.5 Å². The van der Waals surface area contributed by atoms with Gasteiger partial charge in [-0.2, -0.15) is 0 Å². The number of carbonyl (C=O) groups is 1. The van der Waals surface area contributed by atoms with Crippen molar-refractivity contribution in [1.29, 1.82) is 0 Å². The molecule has 1 aliphatic rings. The molecule has 3 nitrogen and oxygen atoms in total. The third-order valence-corrected chi connectivity index (χ3v) is 3.88. The van der Waals surface area contributed by atoms with Crippen LogP contribution in [0, 0.1) is 0 Å². The van der Waals surface area contributed by atoms with Crippen LogP contribution in [0.4, 0.5) is 0 Å². The summed E-state index contributed by atoms with van der Waals surface area (Å²) in [6, 6.07) is 7.70. The van der Waals surface area contributed by atoms with Gasteiger partial charge in [-0.25, -0.2) is 0 Å². The van der Waals surface area contributed by atoms with Crippen LogP contribution in [-0.4, -0.2) is 34.8 Å². The first-order chi connectivity index (χ1) is 8.29. The Bertz CT molecular complexity index is 389. The van der Waals surface area contributed by atoms with E-state index in [2.05, 4.69) is 0 Å². The zero-order chi connectivity index (χ0) is 12.1. The number of benzene rings is 1. The molecule has 0 saturated carbocycles. The van der Waals surface area contributed by atoms with E-state index in [0.29, 0.717) is 5.75 Å². The highest BCUT2D eigenvalue weighted by Crippen LogP contribution is 2.20. The van der Waals surface area contributed by atoms with Crippen LogP contribution in [0.25, 0.3) is 0 Å². The Hall–Kier alpha value is -1.00. The van der Waals surface area contributed by atoms with Gasteiger partial charge in [-0.1, -0.05) is 12.1 Å². The van der Waals surface area contributed by atoms with Gasteiger partial charge in [0.15, 0.2) is 0 Å². The number of thioether (sulfide) groups is 1. The standard InChI is InChI=1S/C13H17NO2S/c15-9-11-4-3-5-12(8-11)17-10-13(16)14-6-1-2-7-14/h3-5,8,15H,1-2,6-7,9-10H2. The van der Waals surface area contributed by atoms with Crippen molar-refractivity contribution < 1.29 is 9.90 Å². The summed E-state index contributed by atoms with van der Waals surface area (Å²) in [7, 11) is 0. The molecule has 0 aromatic heterocycles. The van der Waals surface area contributed by atoms with Crippen LogP contribution in [0.1, 0.15) is 18.4 Å². The number of aliphatic hydroxyl groups is 1. The monoisotopic (exact) mass is 251 g/mol. The normalized spacial score (nSPS) is 15.2. The number of nitrogens with zero attached hydrogens (tertiary/aromatic N) is 1. The van der Waals surface area contributed by atoms with Gasteiger partial charge in [-0.3, -0.25) is 4.79 Å². The summed E-state index contributed by atoms with van der Waals surface area (Å²) in [5.74, 6) is 0.719. The lowest BCUT2D eigenvalue weighted by Gasteiger charge is -2.14. The van der Waals surface area contributed by atoms with Crippen molar-refractivity contribution >= 4 is 17.7 Å². The maximum atomic E-state index is 11.8. The smallest absolute Gasteiger partial charge is 0.232 e. The molecule has 4 heteroatoms. The lowest BCUT2D eigenvalue weighted by molar-refractivity contribution is -0.127. The van der Waals surface area contributed by atoms with E-state index in [1.54, 1.807) is 11.8 Å². The molecule has 17 heavy (non-hydrogen) atoms. The summed E-state index contributed by atoms with van der Waals surface area (Å²) in [4.78, 5) is 14.8. The van der Waals surface area contributed by atoms with Crippen molar-refractivity contribution in [3.8, 4) is 0 Å². The molecular formula is C13H17NO2S. The SMILES string of the molecule is O=C(CSc1cccc(CO)c1)N1CCCC1. The third-order valence-electron chi connectivity index (χ3n) is 2.90. The van der Waals surface area contributed by atoms with Crippen molar-refractivity contribution in [2.45, 2.75) is 24.3 Å². The Morgan fingerprint density at radius 2 is 2.12 bits per heavy atom. The largest absolute Gasteiger partial charge is 0.392 e. The first-order valence-electron chi connectivity index (χ1n) is 5.90. The quantitative estimate of drug-likeness (QED) is 0.831. The molecule has 1 heterocycles. The van der Waals surface area contributed by atoms with Crippen LogP contribution >= 0.6 is 11.8 Å². The average Bonchev–Trinajstić information content (AvgIpc) is 2.90. The zero-order valence-corrected chi connectivity index (χ0v) is 10.6. The van der Waals surface area contributed by atoms with Crippen molar-refractivity contribution in [2.24, 2.45) is 0 Å². The van der Waals surface area contributed by atoms with E-state index in [9.17, 15) is 4.79 Å². The fourth-order valence-electron chi connectivity index (χ4n) is 1.94. The second-order valence-electron chi connectivity index (χ2n) is 4.18. The molecule has 1 saturated heterocycles. The first kappa shape index (κ1) is 12.5. The van der Waals surface area contributed by atoms with Gasteiger partial charge in [0.25, 0.3) is 0 Å². The lowest BCUT2D eigenvalue weighted by Crippen LogP contribution is -2.29. The molecular weight excluding hydrogens is 234 g/mol. The van der Waals surface area contributed by atoms with E-state index in [1.807, 2.05) is 29.2 Å². The van der Waals surface area contributed by atoms with Gasteiger partial charge in [0.2, 0.25) is 5.91 Å². The van der Waals surface area contributed by atoms with Crippen molar-refractivity contribution in [3.05, 3.63) is 29.8 Å². The number of hydrogen-bond donors (Lipinski definition) is 1. The van der Waals surface area contributed by atoms with Gasteiger partial charge in [0, 0.05) is 18.0 Å². The summed E-state index contributed by atoms with van der Waals surface area (Å²) < 4.78 is 0. The highest BCUT2D eigenvalue weighted by molar-refractivity contribution is 8.00. The predicted molar refractivity (Wildman–Crippen MR) is 68.9 cm³/mol. The second kappa shape index (κ2) is 6.07. The predicted octanol–water partition coefficient (Wildman–Crippen LogP) is 1.89. The number of likely N-dealkylation sites (tertiary alicyclic amines) is 1. The zero-order valence-electron chi connectivity index (χ0n) is 9.76. The fraction of sp³-hybridized carbons (Fsp3) is 0.462. The van der Waals surface area contributed by atoms with Gasteiger partial charge in [0.1, 0.15) is 0 Å². The van der Waals surface area contributed by atoms with Crippen molar-refractivity contribution in [3.63, 3.8) is 0 Å². The fourth-order valence-corrected chi connectivity index (χ4v) is 2.82. The highest BCUT2D eigenvalue weighted by atomic mass is 32.2. The third kappa shape index (κ3) is 3.48. The molecule has 92 valence electrons. The van der Waals surface area contributed by atoms with Crippen LogP contribution in [0.15, 0.2) is 29.2 Å². The molecule has 0 bridgehead atoms. The molecule has 0 unspecified atom stereocenters. The Labute approximate surface area is 106 Å². The number of aliphatic hydroxyl groups excluding tert-OH is 1. The van der Waals surface area contributed by atoms with Gasteiger partial charge in [-0.05, 0) is 30.5 Å². The van der Waals surface area contributed by atoms with Crippen LogP contribution in [-0.2, 0) is 11.4 Å². The summed E-state index contributed by atoms with van der Waals surface area (Å²) in [6.45, 7) is 1.88. The summed E-state index contributed by atoms with van der Waals surface area (Å²) >= 11 is 1.54. The first-order valence-corrected chi connectivity index (χ1v) is 6.88. The Morgan fingerprint density at radius 3 is 2.82 bits per heavy atom. The average molecular weight is 251 g/mol. The molecule has 0 spiro atoms. The Kier molecular flexibility index (Phi) is 4.45. The second-order valence-corrected chi connectivity index (χ2v) is 5.23. The molecule has 0 aliphatic carbocycles. The number of amides is 1. The molecule has 1 aromatic carbocycles. The van der Waals surface area contributed by atoms with Crippen LogP contribution in [0.5, 0.6) is 0 Å². The van der Waals surface area contributed by atoms with Gasteiger partial charge >= 0.3 is 0 Å². The van der Waals surface area contributed by atoms with E-state index >= 15 is 0 Å². The minimum Gasteiger partial charge on any atom is -0.392 e.